The summed E-state index contributed by atoms with van der Waals surface area (Å²) in [6.45, 7) is 5.80. The van der Waals surface area contributed by atoms with Gasteiger partial charge in [-0.15, -0.1) is 0 Å². The van der Waals surface area contributed by atoms with Gasteiger partial charge in [0.05, 0.1) is 41.4 Å². The molecule has 40 heavy (non-hydrogen) atoms. The van der Waals surface area contributed by atoms with Crippen molar-refractivity contribution in [1.29, 1.82) is 0 Å². The molecule has 5 N–H and O–H groups in total. The molecule has 0 saturated carbocycles. The van der Waals surface area contributed by atoms with Crippen LogP contribution in [0.4, 0.5) is 24.5 Å². The molecule has 12 heteroatoms. The molecule has 3 atom stereocenters. The highest BCUT2D eigenvalue weighted by Gasteiger charge is 2.35. The summed E-state index contributed by atoms with van der Waals surface area (Å²) in [6, 6.07) is 3.29. The van der Waals surface area contributed by atoms with E-state index in [1.165, 1.54) is 20.0 Å². The summed E-state index contributed by atoms with van der Waals surface area (Å²) >= 11 is 0. The number of nitrogens with one attached hydrogen (secondary N) is 1. The molecule has 1 amide bonds. The molecule has 0 spiro atoms. The maximum Gasteiger partial charge on any atom is 0.274 e. The number of aromatic nitrogens is 2. The van der Waals surface area contributed by atoms with Gasteiger partial charge in [-0.3, -0.25) is 4.79 Å². The SMILES string of the molecule is CC1CN(c2c(NC(=O)c3ccc(F)c(-c4c(F)cc(C(C)(C)O)cc4F)n3)cnc3c2CCO3)CC(N)C1O. The van der Waals surface area contributed by atoms with Gasteiger partial charge in [0.25, 0.3) is 5.91 Å². The molecule has 4 heterocycles. The second-order valence-electron chi connectivity index (χ2n) is 10.8. The average Bonchev–Trinajstić information content (AvgIpc) is 3.35. The molecule has 2 aliphatic heterocycles. The highest BCUT2D eigenvalue weighted by molar-refractivity contribution is 6.05. The van der Waals surface area contributed by atoms with Crippen LogP contribution in [0.15, 0.2) is 30.5 Å². The van der Waals surface area contributed by atoms with Gasteiger partial charge in [-0.05, 0) is 43.7 Å². The van der Waals surface area contributed by atoms with Crippen molar-refractivity contribution in [3.63, 3.8) is 0 Å². The first-order valence-corrected chi connectivity index (χ1v) is 12.9. The Balaban J connectivity index is 1.50. The van der Waals surface area contributed by atoms with Crippen LogP contribution in [-0.4, -0.2) is 57.9 Å². The predicted molar refractivity (Wildman–Crippen MR) is 142 cm³/mol. The van der Waals surface area contributed by atoms with Gasteiger partial charge >= 0.3 is 0 Å². The molecule has 3 unspecified atom stereocenters. The molecular weight excluding hydrogens is 527 g/mol. The third kappa shape index (κ3) is 5.09. The summed E-state index contributed by atoms with van der Waals surface area (Å²) in [6.07, 6.45) is 1.29. The van der Waals surface area contributed by atoms with E-state index >= 15 is 0 Å². The number of fused-ring (bicyclic) bond motifs is 1. The van der Waals surface area contributed by atoms with Crippen LogP contribution in [0, 0.1) is 23.4 Å². The van der Waals surface area contributed by atoms with Crippen molar-refractivity contribution < 1.29 is 32.9 Å². The second kappa shape index (κ2) is 10.3. The summed E-state index contributed by atoms with van der Waals surface area (Å²) in [4.78, 5) is 23.5. The van der Waals surface area contributed by atoms with Gasteiger partial charge in [0.1, 0.15) is 28.8 Å². The first kappa shape index (κ1) is 27.8. The van der Waals surface area contributed by atoms with E-state index in [0.717, 1.165) is 29.8 Å². The number of carbonyl (C=O) groups is 1. The van der Waals surface area contributed by atoms with Crippen molar-refractivity contribution in [3.05, 3.63) is 64.7 Å². The molecule has 2 aliphatic rings. The van der Waals surface area contributed by atoms with E-state index in [4.69, 9.17) is 10.5 Å². The highest BCUT2D eigenvalue weighted by atomic mass is 19.1. The summed E-state index contributed by atoms with van der Waals surface area (Å²) in [5.41, 5.74) is 4.62. The maximum absolute atomic E-state index is 15.0. The molecule has 1 fully saturated rings. The number of nitrogens with two attached hydrogens (primary N) is 1. The molecule has 9 nitrogen and oxygen atoms in total. The number of nitrogens with zero attached hydrogens (tertiary/aromatic N) is 3. The summed E-state index contributed by atoms with van der Waals surface area (Å²) in [5.74, 6) is -3.77. The second-order valence-corrected chi connectivity index (χ2v) is 10.8. The number of halogens is 3. The van der Waals surface area contributed by atoms with E-state index in [2.05, 4.69) is 15.3 Å². The lowest BCUT2D eigenvalue weighted by Crippen LogP contribution is -2.56. The molecule has 1 saturated heterocycles. The van der Waals surface area contributed by atoms with Crippen LogP contribution >= 0.6 is 0 Å². The molecule has 3 aromatic rings. The number of rotatable bonds is 5. The molecular formula is C28H30F3N5O4. The number of anilines is 2. The van der Waals surface area contributed by atoms with Crippen LogP contribution in [0.3, 0.4) is 0 Å². The minimum atomic E-state index is -1.53. The van der Waals surface area contributed by atoms with Gasteiger partial charge in [0.15, 0.2) is 0 Å². The fourth-order valence-electron chi connectivity index (χ4n) is 5.16. The molecule has 2 aromatic heterocycles. The Labute approximate surface area is 228 Å². The van der Waals surface area contributed by atoms with Crippen LogP contribution in [0.5, 0.6) is 5.88 Å². The third-order valence-electron chi connectivity index (χ3n) is 7.29. The fraction of sp³-hybridized carbons (Fsp3) is 0.393. The van der Waals surface area contributed by atoms with Crippen LogP contribution in [0.2, 0.25) is 0 Å². The number of pyridine rings is 2. The van der Waals surface area contributed by atoms with Crippen molar-refractivity contribution in [2.75, 3.05) is 29.9 Å². The Morgan fingerprint density at radius 1 is 1.18 bits per heavy atom. The van der Waals surface area contributed by atoms with Crippen molar-refractivity contribution in [2.45, 2.75) is 44.9 Å². The first-order chi connectivity index (χ1) is 18.8. The summed E-state index contributed by atoms with van der Waals surface area (Å²) in [7, 11) is 0. The molecule has 0 bridgehead atoms. The Morgan fingerprint density at radius 3 is 2.52 bits per heavy atom. The number of piperidine rings is 1. The quantitative estimate of drug-likeness (QED) is 0.376. The van der Waals surface area contributed by atoms with Crippen LogP contribution < -0.4 is 20.7 Å². The van der Waals surface area contributed by atoms with Crippen molar-refractivity contribution in [2.24, 2.45) is 11.7 Å². The molecule has 5 rings (SSSR count). The van der Waals surface area contributed by atoms with Gasteiger partial charge < -0.3 is 30.9 Å². The Morgan fingerprint density at radius 2 is 1.88 bits per heavy atom. The lowest BCUT2D eigenvalue weighted by atomic mass is 9.92. The Bertz CT molecular complexity index is 1440. The monoisotopic (exact) mass is 557 g/mol. The number of hydrogen-bond donors (Lipinski definition) is 4. The predicted octanol–water partition coefficient (Wildman–Crippen LogP) is 3.12. The van der Waals surface area contributed by atoms with E-state index in [1.807, 2.05) is 11.8 Å². The fourth-order valence-corrected chi connectivity index (χ4v) is 5.16. The van der Waals surface area contributed by atoms with Crippen molar-refractivity contribution >= 4 is 17.3 Å². The van der Waals surface area contributed by atoms with Gasteiger partial charge in [-0.2, -0.15) is 0 Å². The van der Waals surface area contributed by atoms with Gasteiger partial charge in [-0.25, -0.2) is 23.1 Å². The normalized spacial score (nSPS) is 20.7. The number of benzene rings is 1. The van der Waals surface area contributed by atoms with Gasteiger partial charge in [0, 0.05) is 37.0 Å². The zero-order valence-corrected chi connectivity index (χ0v) is 22.2. The molecule has 0 radical (unpaired) electrons. The number of aliphatic hydroxyl groups excluding tert-OH is 1. The van der Waals surface area contributed by atoms with E-state index in [1.54, 1.807) is 0 Å². The van der Waals surface area contributed by atoms with Crippen LogP contribution in [0.1, 0.15) is 42.4 Å². The number of ether oxygens (including phenoxy) is 1. The summed E-state index contributed by atoms with van der Waals surface area (Å²) in [5, 5.41) is 23.2. The molecule has 1 aromatic carbocycles. The largest absolute Gasteiger partial charge is 0.477 e. The van der Waals surface area contributed by atoms with Gasteiger partial charge in [-0.1, -0.05) is 6.92 Å². The lowest BCUT2D eigenvalue weighted by molar-refractivity contribution is 0.0778. The standard InChI is InChI=1S/C28H30F3N5O4/c1-13-11-36(12-19(32)25(13)37)24-15-6-7-40-27(15)33-10-21(24)35-26(38)20-5-4-16(29)23(34-20)22-17(30)8-14(9-18(22)31)28(2,3)39/h4-5,8-10,13,19,25,37,39H,6-7,11-12,32H2,1-3H3,(H,35,38). The van der Waals surface area contributed by atoms with E-state index in [9.17, 15) is 28.2 Å². The topological polar surface area (TPSA) is 134 Å². The molecule has 212 valence electrons. The first-order valence-electron chi connectivity index (χ1n) is 12.9. The van der Waals surface area contributed by atoms with Gasteiger partial charge in [0.2, 0.25) is 5.88 Å². The zero-order chi connectivity index (χ0) is 28.9. The number of hydrogen-bond acceptors (Lipinski definition) is 8. The van der Waals surface area contributed by atoms with E-state index in [0.29, 0.717) is 43.4 Å². The van der Waals surface area contributed by atoms with Crippen molar-refractivity contribution in [3.8, 4) is 17.1 Å². The van der Waals surface area contributed by atoms with E-state index < -0.39 is 52.4 Å². The van der Waals surface area contributed by atoms with Crippen LogP contribution in [-0.2, 0) is 12.0 Å². The minimum absolute atomic E-state index is 0.0413. The van der Waals surface area contributed by atoms with Crippen LogP contribution in [0.25, 0.3) is 11.3 Å². The lowest BCUT2D eigenvalue weighted by Gasteiger charge is -2.41. The highest BCUT2D eigenvalue weighted by Crippen LogP contribution is 2.40. The zero-order valence-electron chi connectivity index (χ0n) is 22.2. The molecule has 0 aliphatic carbocycles. The minimum Gasteiger partial charge on any atom is -0.477 e. The smallest absolute Gasteiger partial charge is 0.274 e. The number of amides is 1. The maximum atomic E-state index is 15.0. The number of aliphatic hydroxyl groups is 2. The Hall–Kier alpha value is -3.74. The average molecular weight is 558 g/mol. The summed E-state index contributed by atoms with van der Waals surface area (Å²) < 4.78 is 50.3. The third-order valence-corrected chi connectivity index (χ3v) is 7.29. The van der Waals surface area contributed by atoms with Crippen molar-refractivity contribution in [1.82, 2.24) is 9.97 Å². The van der Waals surface area contributed by atoms with E-state index in [-0.39, 0.29) is 17.2 Å². The number of carbonyl (C=O) groups excluding carboxylic acids is 1. The Kier molecular flexibility index (Phi) is 7.19.